The summed E-state index contributed by atoms with van der Waals surface area (Å²) in [5.41, 5.74) is 0.868. The van der Waals surface area contributed by atoms with E-state index in [0.29, 0.717) is 17.3 Å². The molecule has 0 aliphatic carbocycles. The number of benzene rings is 2. The molecule has 0 aliphatic rings. The first kappa shape index (κ1) is 28.1. The normalized spacial score (nSPS) is 12.1. The number of hydrogen-bond donors (Lipinski definition) is 3. The number of thiocarbonyl (C=S) groups is 1. The minimum atomic E-state index is -1.91. The van der Waals surface area contributed by atoms with E-state index in [1.165, 1.54) is 31.0 Å². The first-order valence-electron chi connectivity index (χ1n) is 10.2. The minimum absolute atomic E-state index is 0.141. The van der Waals surface area contributed by atoms with E-state index in [1.807, 2.05) is 24.3 Å². The van der Waals surface area contributed by atoms with E-state index in [-0.39, 0.29) is 15.7 Å². The Balaban J connectivity index is 1.93. The molecule has 0 spiro atoms. The molecule has 33 heavy (non-hydrogen) atoms. The Morgan fingerprint density at radius 3 is 2.33 bits per heavy atom. The molecular formula is C22H24Cl5N3O2S. The van der Waals surface area contributed by atoms with E-state index < -0.39 is 15.9 Å². The van der Waals surface area contributed by atoms with E-state index in [2.05, 4.69) is 22.9 Å². The molecular weight excluding hydrogens is 548 g/mol. The number of alkyl halides is 3. The summed E-state index contributed by atoms with van der Waals surface area (Å²) in [5, 5.41) is 9.05. The largest absolute Gasteiger partial charge is 0.494 e. The SMILES string of the molecule is CCCCCCOc1ccc(NC(=S)NC(NC(=O)c2ccc(Cl)cc2Cl)C(Cl)(Cl)Cl)cc1. The smallest absolute Gasteiger partial charge is 0.254 e. The summed E-state index contributed by atoms with van der Waals surface area (Å²) in [6.07, 6.45) is 3.42. The summed E-state index contributed by atoms with van der Waals surface area (Å²) < 4.78 is 3.82. The van der Waals surface area contributed by atoms with Gasteiger partial charge in [-0.05, 0) is 61.1 Å². The topological polar surface area (TPSA) is 62.4 Å². The summed E-state index contributed by atoms with van der Waals surface area (Å²) in [4.78, 5) is 12.6. The predicted octanol–water partition coefficient (Wildman–Crippen LogP) is 7.37. The van der Waals surface area contributed by atoms with Crippen LogP contribution in [0.5, 0.6) is 5.75 Å². The molecule has 11 heteroatoms. The summed E-state index contributed by atoms with van der Waals surface area (Å²) in [7, 11) is 0. The second kappa shape index (κ2) is 13.7. The molecule has 0 radical (unpaired) electrons. The van der Waals surface area contributed by atoms with Crippen LogP contribution in [0.25, 0.3) is 0 Å². The van der Waals surface area contributed by atoms with Gasteiger partial charge in [-0.2, -0.15) is 0 Å². The van der Waals surface area contributed by atoms with Gasteiger partial charge in [-0.3, -0.25) is 4.79 Å². The van der Waals surface area contributed by atoms with Crippen molar-refractivity contribution >= 4 is 86.9 Å². The van der Waals surface area contributed by atoms with Crippen molar-refractivity contribution in [2.45, 2.75) is 42.6 Å². The van der Waals surface area contributed by atoms with Crippen molar-refractivity contribution in [2.75, 3.05) is 11.9 Å². The lowest BCUT2D eigenvalue weighted by atomic mass is 10.2. The van der Waals surface area contributed by atoms with Crippen molar-refractivity contribution in [1.29, 1.82) is 0 Å². The van der Waals surface area contributed by atoms with Crippen LogP contribution in [0.3, 0.4) is 0 Å². The van der Waals surface area contributed by atoms with Crippen molar-refractivity contribution in [3.8, 4) is 5.75 Å². The van der Waals surface area contributed by atoms with Gasteiger partial charge in [0.1, 0.15) is 11.9 Å². The average molecular weight is 572 g/mol. The zero-order valence-electron chi connectivity index (χ0n) is 17.8. The van der Waals surface area contributed by atoms with Crippen molar-refractivity contribution < 1.29 is 9.53 Å². The molecule has 2 aromatic rings. The molecule has 1 amide bonds. The van der Waals surface area contributed by atoms with Crippen LogP contribution >= 0.6 is 70.2 Å². The Morgan fingerprint density at radius 2 is 1.73 bits per heavy atom. The molecule has 5 nitrogen and oxygen atoms in total. The number of carbonyl (C=O) groups excluding carboxylic acids is 1. The fourth-order valence-corrected chi connectivity index (χ4v) is 3.79. The van der Waals surface area contributed by atoms with Crippen molar-refractivity contribution in [2.24, 2.45) is 0 Å². The van der Waals surface area contributed by atoms with Crippen LogP contribution in [0.15, 0.2) is 42.5 Å². The third-order valence-corrected chi connectivity index (χ3v) is 5.86. The van der Waals surface area contributed by atoms with E-state index in [9.17, 15) is 4.79 Å². The summed E-state index contributed by atoms with van der Waals surface area (Å²) in [5.74, 6) is 0.200. The first-order valence-corrected chi connectivity index (χ1v) is 12.5. The molecule has 1 atom stereocenters. The molecule has 180 valence electrons. The lowest BCUT2D eigenvalue weighted by molar-refractivity contribution is 0.0934. The number of amides is 1. The molecule has 0 saturated carbocycles. The lowest BCUT2D eigenvalue weighted by Crippen LogP contribution is -2.56. The fraction of sp³-hybridized carbons (Fsp3) is 0.364. The van der Waals surface area contributed by atoms with Crippen LogP contribution in [0.4, 0.5) is 5.69 Å². The summed E-state index contributed by atoms with van der Waals surface area (Å²) in [6.45, 7) is 2.85. The number of carbonyl (C=O) groups is 1. The molecule has 3 N–H and O–H groups in total. The number of nitrogens with one attached hydrogen (secondary N) is 3. The Kier molecular flexibility index (Phi) is 11.6. The highest BCUT2D eigenvalue weighted by atomic mass is 35.6. The van der Waals surface area contributed by atoms with Gasteiger partial charge in [-0.15, -0.1) is 0 Å². The monoisotopic (exact) mass is 569 g/mol. The Hall–Kier alpha value is -1.15. The van der Waals surface area contributed by atoms with Crippen molar-refractivity contribution in [3.05, 3.63) is 58.1 Å². The second-order valence-electron chi connectivity index (χ2n) is 7.10. The Labute approximate surface area is 224 Å². The standard InChI is InChI=1S/C22H24Cl5N3O2S/c1-2-3-4-5-12-32-16-9-7-15(8-10-16)28-21(33)30-20(22(25,26)27)29-19(31)17-11-6-14(23)13-18(17)24/h6-11,13,20H,2-5,12H2,1H3,(H,29,31)(H2,28,30,33). The number of unbranched alkanes of at least 4 members (excludes halogenated alkanes) is 3. The first-order chi connectivity index (χ1) is 15.6. The van der Waals surface area contributed by atoms with Crippen LogP contribution in [0, 0.1) is 0 Å². The van der Waals surface area contributed by atoms with Gasteiger partial charge in [0.2, 0.25) is 3.79 Å². The second-order valence-corrected chi connectivity index (χ2v) is 10.7. The molecule has 0 bridgehead atoms. The Morgan fingerprint density at radius 1 is 1.03 bits per heavy atom. The minimum Gasteiger partial charge on any atom is -0.494 e. The van der Waals surface area contributed by atoms with Crippen molar-refractivity contribution in [3.63, 3.8) is 0 Å². The van der Waals surface area contributed by atoms with E-state index in [0.717, 1.165) is 18.6 Å². The van der Waals surface area contributed by atoms with E-state index in [1.54, 1.807) is 0 Å². The zero-order chi connectivity index (χ0) is 24.4. The summed E-state index contributed by atoms with van der Waals surface area (Å²) in [6, 6.07) is 11.7. The number of anilines is 1. The molecule has 1 unspecified atom stereocenters. The highest BCUT2D eigenvalue weighted by molar-refractivity contribution is 7.80. The maximum Gasteiger partial charge on any atom is 0.254 e. The van der Waals surface area contributed by atoms with Crippen molar-refractivity contribution in [1.82, 2.24) is 10.6 Å². The van der Waals surface area contributed by atoms with Gasteiger partial charge in [-0.25, -0.2) is 0 Å². The average Bonchev–Trinajstić information content (AvgIpc) is 2.73. The van der Waals surface area contributed by atoms with Gasteiger partial charge >= 0.3 is 0 Å². The van der Waals surface area contributed by atoms with Gasteiger partial charge in [-0.1, -0.05) is 84.2 Å². The van der Waals surface area contributed by atoms with Crippen LogP contribution < -0.4 is 20.7 Å². The molecule has 0 heterocycles. The highest BCUT2D eigenvalue weighted by Gasteiger charge is 2.35. The molecule has 0 aromatic heterocycles. The van der Waals surface area contributed by atoms with Gasteiger partial charge in [0, 0.05) is 10.7 Å². The summed E-state index contributed by atoms with van der Waals surface area (Å²) >= 11 is 35.4. The number of ether oxygens (including phenoxy) is 1. The number of halogens is 5. The van der Waals surface area contributed by atoms with Gasteiger partial charge < -0.3 is 20.7 Å². The molecule has 2 aromatic carbocycles. The number of hydrogen-bond acceptors (Lipinski definition) is 3. The third-order valence-electron chi connectivity index (χ3n) is 4.43. The Bertz CT molecular complexity index is 939. The molecule has 0 fully saturated rings. The maximum atomic E-state index is 12.6. The van der Waals surface area contributed by atoms with Crippen LogP contribution in [-0.4, -0.2) is 27.6 Å². The van der Waals surface area contributed by atoms with Gasteiger partial charge in [0.25, 0.3) is 5.91 Å². The molecule has 2 rings (SSSR count). The number of rotatable bonds is 10. The fourth-order valence-electron chi connectivity index (χ4n) is 2.73. The molecule has 0 aliphatic heterocycles. The van der Waals surface area contributed by atoms with E-state index >= 15 is 0 Å². The lowest BCUT2D eigenvalue weighted by Gasteiger charge is -2.28. The van der Waals surface area contributed by atoms with Crippen LogP contribution in [0.2, 0.25) is 10.0 Å². The predicted molar refractivity (Wildman–Crippen MR) is 143 cm³/mol. The van der Waals surface area contributed by atoms with Gasteiger partial charge in [0.05, 0.1) is 17.2 Å². The van der Waals surface area contributed by atoms with E-state index in [4.69, 9.17) is 75.0 Å². The quantitative estimate of drug-likeness (QED) is 0.120. The van der Waals surface area contributed by atoms with Crippen LogP contribution in [0.1, 0.15) is 43.0 Å². The highest BCUT2D eigenvalue weighted by Crippen LogP contribution is 2.30. The van der Waals surface area contributed by atoms with Gasteiger partial charge in [0.15, 0.2) is 5.11 Å². The third kappa shape index (κ3) is 9.93. The molecule has 0 saturated heterocycles. The zero-order valence-corrected chi connectivity index (χ0v) is 22.4. The van der Waals surface area contributed by atoms with Crippen LogP contribution in [-0.2, 0) is 0 Å². The maximum absolute atomic E-state index is 12.6.